The molecule has 2 rings (SSSR count). The number of rotatable bonds is 4. The molecule has 0 amide bonds. The van der Waals surface area contributed by atoms with E-state index in [1.807, 2.05) is 50.2 Å². The van der Waals surface area contributed by atoms with Crippen LogP contribution in [0.3, 0.4) is 0 Å². The zero-order valence-electron chi connectivity index (χ0n) is 12.0. The summed E-state index contributed by atoms with van der Waals surface area (Å²) in [5, 5.41) is 4.37. The predicted octanol–water partition coefficient (Wildman–Crippen LogP) is 1.53. The monoisotopic (exact) mass is 273 g/mol. The number of aromatic nitrogens is 2. The maximum absolute atomic E-state index is 12.2. The van der Waals surface area contributed by atoms with Crippen LogP contribution < -0.4 is 5.73 Å². The number of carbonyl (C=O) groups excluding carboxylic acids is 1. The third-order valence-corrected chi connectivity index (χ3v) is 3.34. The van der Waals surface area contributed by atoms with Crippen molar-refractivity contribution < 1.29 is 9.53 Å². The molecular formula is C15H19N3O2. The van der Waals surface area contributed by atoms with E-state index in [2.05, 4.69) is 5.10 Å². The van der Waals surface area contributed by atoms with Crippen LogP contribution in [0, 0.1) is 13.8 Å². The van der Waals surface area contributed by atoms with E-state index in [0.717, 1.165) is 11.4 Å². The highest BCUT2D eigenvalue weighted by atomic mass is 16.5. The lowest BCUT2D eigenvalue weighted by Crippen LogP contribution is -2.49. The van der Waals surface area contributed by atoms with Crippen LogP contribution in [-0.4, -0.2) is 22.9 Å². The van der Waals surface area contributed by atoms with Gasteiger partial charge in [0, 0.05) is 5.69 Å². The van der Waals surface area contributed by atoms with Crippen molar-refractivity contribution in [2.75, 3.05) is 7.11 Å². The minimum Gasteiger partial charge on any atom is -0.467 e. The number of methoxy groups -OCH3 is 1. The van der Waals surface area contributed by atoms with Crippen molar-refractivity contribution in [2.24, 2.45) is 5.73 Å². The molecule has 0 aliphatic heterocycles. The molecule has 0 fully saturated rings. The standard InChI is InChI=1S/C15H19N3O2/c1-11-9-12(2)18(17-11)10-15(16,14(19)20-3)13-7-5-4-6-8-13/h4-9H,10,16H2,1-3H3. The lowest BCUT2D eigenvalue weighted by atomic mass is 9.91. The van der Waals surface area contributed by atoms with Crippen molar-refractivity contribution in [3.8, 4) is 0 Å². The van der Waals surface area contributed by atoms with Crippen molar-refractivity contribution in [1.82, 2.24) is 9.78 Å². The van der Waals surface area contributed by atoms with Crippen molar-refractivity contribution in [3.05, 3.63) is 53.3 Å². The fraction of sp³-hybridized carbons (Fsp3) is 0.333. The number of benzene rings is 1. The van der Waals surface area contributed by atoms with E-state index in [1.165, 1.54) is 7.11 Å². The van der Waals surface area contributed by atoms with Crippen LogP contribution in [-0.2, 0) is 21.6 Å². The number of ether oxygens (including phenoxy) is 1. The molecule has 5 nitrogen and oxygen atoms in total. The number of aryl methyl sites for hydroxylation is 2. The summed E-state index contributed by atoms with van der Waals surface area (Å²) >= 11 is 0. The summed E-state index contributed by atoms with van der Waals surface area (Å²) in [5.41, 5.74) is 7.65. The van der Waals surface area contributed by atoms with Crippen LogP contribution in [0.1, 0.15) is 17.0 Å². The Morgan fingerprint density at radius 3 is 2.50 bits per heavy atom. The van der Waals surface area contributed by atoms with Gasteiger partial charge in [-0.1, -0.05) is 30.3 Å². The number of nitrogens with zero attached hydrogens (tertiary/aromatic N) is 2. The molecule has 0 bridgehead atoms. The summed E-state index contributed by atoms with van der Waals surface area (Å²) in [7, 11) is 1.34. The minimum absolute atomic E-state index is 0.239. The zero-order chi connectivity index (χ0) is 14.8. The number of carbonyl (C=O) groups is 1. The molecular weight excluding hydrogens is 254 g/mol. The van der Waals surface area contributed by atoms with Crippen LogP contribution in [0.4, 0.5) is 0 Å². The van der Waals surface area contributed by atoms with Crippen LogP contribution in [0.5, 0.6) is 0 Å². The average Bonchev–Trinajstić information content (AvgIpc) is 2.76. The Morgan fingerprint density at radius 2 is 2.00 bits per heavy atom. The van der Waals surface area contributed by atoms with Gasteiger partial charge in [-0.25, -0.2) is 4.79 Å². The number of esters is 1. The molecule has 0 aliphatic rings. The van der Waals surface area contributed by atoms with Crippen molar-refractivity contribution >= 4 is 5.97 Å². The third kappa shape index (κ3) is 2.58. The van der Waals surface area contributed by atoms with Gasteiger partial charge in [0.15, 0.2) is 5.54 Å². The van der Waals surface area contributed by atoms with E-state index in [4.69, 9.17) is 10.5 Å². The normalized spacial score (nSPS) is 13.8. The van der Waals surface area contributed by atoms with Gasteiger partial charge in [-0.3, -0.25) is 4.68 Å². The van der Waals surface area contributed by atoms with Crippen molar-refractivity contribution in [1.29, 1.82) is 0 Å². The first kappa shape index (κ1) is 14.3. The van der Waals surface area contributed by atoms with Gasteiger partial charge in [0.25, 0.3) is 0 Å². The molecule has 20 heavy (non-hydrogen) atoms. The number of hydrogen-bond donors (Lipinski definition) is 1. The molecule has 1 aromatic heterocycles. The molecule has 0 aliphatic carbocycles. The maximum Gasteiger partial charge on any atom is 0.332 e. The van der Waals surface area contributed by atoms with Crippen LogP contribution in [0.15, 0.2) is 36.4 Å². The van der Waals surface area contributed by atoms with Gasteiger partial charge in [0.2, 0.25) is 0 Å². The second kappa shape index (κ2) is 5.46. The molecule has 2 aromatic rings. The molecule has 1 unspecified atom stereocenters. The first-order chi connectivity index (χ1) is 9.47. The Kier molecular flexibility index (Phi) is 3.90. The maximum atomic E-state index is 12.2. The summed E-state index contributed by atoms with van der Waals surface area (Å²) in [4.78, 5) is 12.2. The van der Waals surface area contributed by atoms with Gasteiger partial charge in [0.1, 0.15) is 0 Å². The first-order valence-corrected chi connectivity index (χ1v) is 6.41. The molecule has 1 atom stereocenters. The molecule has 5 heteroatoms. The van der Waals surface area contributed by atoms with Crippen LogP contribution in [0.2, 0.25) is 0 Å². The first-order valence-electron chi connectivity index (χ1n) is 6.41. The Balaban J connectivity index is 2.43. The zero-order valence-corrected chi connectivity index (χ0v) is 12.0. The SMILES string of the molecule is COC(=O)C(N)(Cn1nc(C)cc1C)c1ccccc1. The van der Waals surface area contributed by atoms with E-state index in [9.17, 15) is 4.79 Å². The Morgan fingerprint density at radius 1 is 1.35 bits per heavy atom. The smallest absolute Gasteiger partial charge is 0.332 e. The molecule has 2 N–H and O–H groups in total. The third-order valence-electron chi connectivity index (χ3n) is 3.34. The summed E-state index contributed by atoms with van der Waals surface area (Å²) in [6.45, 7) is 4.08. The summed E-state index contributed by atoms with van der Waals surface area (Å²) in [5.74, 6) is -0.476. The van der Waals surface area contributed by atoms with Gasteiger partial charge in [0.05, 0.1) is 19.3 Å². The fourth-order valence-corrected chi connectivity index (χ4v) is 2.26. The topological polar surface area (TPSA) is 70.1 Å². The molecule has 1 heterocycles. The molecule has 0 spiro atoms. The highest BCUT2D eigenvalue weighted by Crippen LogP contribution is 2.23. The molecule has 0 radical (unpaired) electrons. The van der Waals surface area contributed by atoms with Crippen molar-refractivity contribution in [2.45, 2.75) is 25.9 Å². The van der Waals surface area contributed by atoms with Gasteiger partial charge >= 0.3 is 5.97 Å². The van der Waals surface area contributed by atoms with Crippen LogP contribution in [0.25, 0.3) is 0 Å². The minimum atomic E-state index is -1.25. The predicted molar refractivity (Wildman–Crippen MR) is 76.0 cm³/mol. The average molecular weight is 273 g/mol. The number of nitrogens with two attached hydrogens (primary N) is 1. The summed E-state index contributed by atoms with van der Waals surface area (Å²) in [6, 6.07) is 11.2. The highest BCUT2D eigenvalue weighted by Gasteiger charge is 2.38. The Labute approximate surface area is 118 Å². The molecule has 1 aromatic carbocycles. The van der Waals surface area contributed by atoms with Gasteiger partial charge in [-0.05, 0) is 25.5 Å². The van der Waals surface area contributed by atoms with Gasteiger partial charge in [-0.15, -0.1) is 0 Å². The second-order valence-corrected chi connectivity index (χ2v) is 4.91. The quantitative estimate of drug-likeness (QED) is 0.858. The largest absolute Gasteiger partial charge is 0.467 e. The Bertz CT molecular complexity index is 607. The van der Waals surface area contributed by atoms with E-state index < -0.39 is 11.5 Å². The van der Waals surface area contributed by atoms with E-state index in [-0.39, 0.29) is 6.54 Å². The van der Waals surface area contributed by atoms with E-state index in [1.54, 1.807) is 4.68 Å². The van der Waals surface area contributed by atoms with E-state index >= 15 is 0 Å². The Hall–Kier alpha value is -2.14. The van der Waals surface area contributed by atoms with E-state index in [0.29, 0.717) is 5.56 Å². The number of hydrogen-bond acceptors (Lipinski definition) is 4. The summed E-state index contributed by atoms with van der Waals surface area (Å²) in [6.07, 6.45) is 0. The van der Waals surface area contributed by atoms with Gasteiger partial charge < -0.3 is 10.5 Å². The highest BCUT2D eigenvalue weighted by molar-refractivity contribution is 5.82. The fourth-order valence-electron chi connectivity index (χ4n) is 2.26. The lowest BCUT2D eigenvalue weighted by Gasteiger charge is -2.27. The van der Waals surface area contributed by atoms with Crippen molar-refractivity contribution in [3.63, 3.8) is 0 Å². The second-order valence-electron chi connectivity index (χ2n) is 4.91. The molecule has 0 saturated carbocycles. The van der Waals surface area contributed by atoms with Gasteiger partial charge in [-0.2, -0.15) is 5.10 Å². The molecule has 106 valence electrons. The molecule has 0 saturated heterocycles. The van der Waals surface area contributed by atoms with Crippen LogP contribution >= 0.6 is 0 Å². The lowest BCUT2D eigenvalue weighted by molar-refractivity contribution is -0.148. The summed E-state index contributed by atoms with van der Waals surface area (Å²) < 4.78 is 6.62.